The van der Waals surface area contributed by atoms with Crippen molar-refractivity contribution >= 4 is 40.5 Å². The smallest absolute Gasteiger partial charge is 0.336 e. The minimum atomic E-state index is -0.825. The molecule has 2 heterocycles. The van der Waals surface area contributed by atoms with Crippen LogP contribution in [0.15, 0.2) is 60.3 Å². The Hall–Kier alpha value is -4.31. The van der Waals surface area contributed by atoms with E-state index in [1.54, 1.807) is 37.4 Å². The lowest BCUT2D eigenvalue weighted by molar-refractivity contribution is -0.122. The third-order valence-corrected chi connectivity index (χ3v) is 4.89. The number of fused-ring (bicyclic) bond motifs is 1. The number of carbonyl (C=O) groups is 3. The van der Waals surface area contributed by atoms with Gasteiger partial charge in [0.1, 0.15) is 11.3 Å². The van der Waals surface area contributed by atoms with Gasteiger partial charge < -0.3 is 9.30 Å². The molecule has 1 N–H and O–H groups in total. The molecular formula is C24H19N3O4. The molecule has 0 aliphatic carbocycles. The lowest BCUT2D eigenvalue weighted by atomic mass is 10.1. The summed E-state index contributed by atoms with van der Waals surface area (Å²) in [6.07, 6.45) is 8.73. The predicted octanol–water partition coefficient (Wildman–Crippen LogP) is 3.34. The van der Waals surface area contributed by atoms with E-state index < -0.39 is 17.8 Å². The quantitative estimate of drug-likeness (QED) is 0.395. The molecule has 1 fully saturated rings. The van der Waals surface area contributed by atoms with Crippen molar-refractivity contribution in [3.8, 4) is 18.1 Å². The van der Waals surface area contributed by atoms with Crippen LogP contribution >= 0.6 is 0 Å². The summed E-state index contributed by atoms with van der Waals surface area (Å²) in [6.45, 7) is 2.50. The molecule has 0 atom stereocenters. The molecule has 7 nitrogen and oxygen atoms in total. The molecule has 0 spiro atoms. The van der Waals surface area contributed by atoms with Gasteiger partial charge in [0.25, 0.3) is 11.8 Å². The Bertz CT molecular complexity index is 1280. The molecule has 1 aliphatic heterocycles. The van der Waals surface area contributed by atoms with Crippen molar-refractivity contribution in [2.75, 3.05) is 11.5 Å². The van der Waals surface area contributed by atoms with Gasteiger partial charge in [0.15, 0.2) is 0 Å². The van der Waals surface area contributed by atoms with Crippen LogP contribution in [-0.4, -0.2) is 29.0 Å². The van der Waals surface area contributed by atoms with Crippen LogP contribution < -0.4 is 15.0 Å². The number of para-hydroxylation sites is 3. The molecule has 1 aliphatic rings. The number of hydrogen-bond donors (Lipinski definition) is 1. The summed E-state index contributed by atoms with van der Waals surface area (Å²) in [4.78, 5) is 39.3. The number of nitrogens with one attached hydrogen (secondary N) is 1. The minimum Gasteiger partial charge on any atom is -0.492 e. The highest BCUT2D eigenvalue weighted by atomic mass is 16.5. The highest BCUT2D eigenvalue weighted by molar-refractivity contribution is 6.39. The van der Waals surface area contributed by atoms with Gasteiger partial charge in [-0.15, -0.1) is 6.42 Å². The maximum atomic E-state index is 13.3. The molecule has 0 bridgehead atoms. The maximum absolute atomic E-state index is 13.3. The van der Waals surface area contributed by atoms with E-state index >= 15 is 0 Å². The van der Waals surface area contributed by atoms with Crippen molar-refractivity contribution in [3.63, 3.8) is 0 Å². The van der Waals surface area contributed by atoms with E-state index in [4.69, 9.17) is 11.2 Å². The lowest BCUT2D eigenvalue weighted by Crippen LogP contribution is -2.54. The molecule has 0 radical (unpaired) electrons. The van der Waals surface area contributed by atoms with Gasteiger partial charge in [0.05, 0.1) is 18.8 Å². The van der Waals surface area contributed by atoms with Gasteiger partial charge in [0, 0.05) is 22.7 Å². The molecule has 4 amide bonds. The summed E-state index contributed by atoms with van der Waals surface area (Å²) in [5.74, 6) is 1.48. The first-order valence-corrected chi connectivity index (χ1v) is 9.69. The summed E-state index contributed by atoms with van der Waals surface area (Å²) in [7, 11) is 0. The maximum Gasteiger partial charge on any atom is 0.336 e. The molecule has 3 aromatic rings. The highest BCUT2D eigenvalue weighted by Crippen LogP contribution is 2.32. The van der Waals surface area contributed by atoms with Crippen molar-refractivity contribution in [1.29, 1.82) is 0 Å². The number of hydrogen-bond acceptors (Lipinski definition) is 4. The monoisotopic (exact) mass is 413 g/mol. The molecule has 0 unspecified atom stereocenters. The molecule has 31 heavy (non-hydrogen) atoms. The fourth-order valence-electron chi connectivity index (χ4n) is 3.57. The second-order valence-corrected chi connectivity index (χ2v) is 6.79. The number of nitrogens with zero attached hydrogens (tertiary/aromatic N) is 2. The van der Waals surface area contributed by atoms with Crippen molar-refractivity contribution in [1.82, 2.24) is 9.88 Å². The van der Waals surface area contributed by atoms with Gasteiger partial charge in [-0.05, 0) is 31.2 Å². The first kappa shape index (κ1) is 20.0. The molecule has 2 aromatic carbocycles. The van der Waals surface area contributed by atoms with E-state index in [1.807, 2.05) is 28.8 Å². The van der Waals surface area contributed by atoms with Crippen LogP contribution in [0, 0.1) is 12.3 Å². The Labute approximate surface area is 178 Å². The number of imide groups is 2. The van der Waals surface area contributed by atoms with E-state index in [0.29, 0.717) is 24.5 Å². The van der Waals surface area contributed by atoms with E-state index in [2.05, 4.69) is 11.2 Å². The van der Waals surface area contributed by atoms with Crippen LogP contribution in [0.2, 0.25) is 0 Å². The number of urea groups is 1. The second-order valence-electron chi connectivity index (χ2n) is 6.79. The van der Waals surface area contributed by atoms with Gasteiger partial charge in [0.2, 0.25) is 0 Å². The molecule has 4 rings (SSSR count). The van der Waals surface area contributed by atoms with Crippen LogP contribution in [-0.2, 0) is 16.1 Å². The van der Waals surface area contributed by atoms with Gasteiger partial charge in [-0.1, -0.05) is 36.3 Å². The van der Waals surface area contributed by atoms with E-state index in [1.165, 1.54) is 6.08 Å². The second kappa shape index (κ2) is 8.20. The van der Waals surface area contributed by atoms with Crippen LogP contribution in [0.3, 0.4) is 0 Å². The SMILES string of the molecule is C#CCn1cc(/C=C2\C(=O)NC(=O)N(c3ccccc3OCC)C2=O)c2ccccc21. The third-order valence-electron chi connectivity index (χ3n) is 4.89. The Morgan fingerprint density at radius 2 is 1.84 bits per heavy atom. The predicted molar refractivity (Wildman–Crippen MR) is 117 cm³/mol. The van der Waals surface area contributed by atoms with Crippen molar-refractivity contribution in [2.24, 2.45) is 0 Å². The fraction of sp³-hybridized carbons (Fsp3) is 0.125. The number of benzene rings is 2. The topological polar surface area (TPSA) is 80.6 Å². The largest absolute Gasteiger partial charge is 0.492 e. The summed E-state index contributed by atoms with van der Waals surface area (Å²) >= 11 is 0. The summed E-state index contributed by atoms with van der Waals surface area (Å²) in [6, 6.07) is 13.4. The normalized spacial score (nSPS) is 15.3. The Morgan fingerprint density at radius 1 is 1.10 bits per heavy atom. The van der Waals surface area contributed by atoms with Crippen LogP contribution in [0.5, 0.6) is 5.75 Å². The summed E-state index contributed by atoms with van der Waals surface area (Å²) < 4.78 is 7.42. The molecule has 0 saturated carbocycles. The average molecular weight is 413 g/mol. The van der Waals surface area contributed by atoms with E-state index in [0.717, 1.165) is 15.8 Å². The van der Waals surface area contributed by atoms with Crippen molar-refractivity contribution < 1.29 is 19.1 Å². The number of aromatic nitrogens is 1. The number of barbiturate groups is 1. The zero-order chi connectivity index (χ0) is 22.0. The molecule has 1 aromatic heterocycles. The first-order chi connectivity index (χ1) is 15.0. The molecule has 1 saturated heterocycles. The van der Waals surface area contributed by atoms with E-state index in [-0.39, 0.29) is 11.3 Å². The van der Waals surface area contributed by atoms with Crippen LogP contribution in [0.25, 0.3) is 17.0 Å². The summed E-state index contributed by atoms with van der Waals surface area (Å²) in [5, 5.41) is 3.08. The highest BCUT2D eigenvalue weighted by Gasteiger charge is 2.38. The Morgan fingerprint density at radius 3 is 2.61 bits per heavy atom. The number of ether oxygens (including phenoxy) is 1. The zero-order valence-corrected chi connectivity index (χ0v) is 16.8. The fourth-order valence-corrected chi connectivity index (χ4v) is 3.57. The molecule has 154 valence electrons. The van der Waals surface area contributed by atoms with Crippen LogP contribution in [0.4, 0.5) is 10.5 Å². The third kappa shape index (κ3) is 3.55. The molecule has 7 heteroatoms. The number of rotatable bonds is 5. The van der Waals surface area contributed by atoms with Gasteiger partial charge in [-0.25, -0.2) is 9.69 Å². The van der Waals surface area contributed by atoms with Gasteiger partial charge in [-0.2, -0.15) is 0 Å². The van der Waals surface area contributed by atoms with Gasteiger partial charge >= 0.3 is 6.03 Å². The zero-order valence-electron chi connectivity index (χ0n) is 16.8. The standard InChI is InChI=1S/C24H19N3O4/c1-3-13-26-15-16(17-9-5-6-10-19(17)26)14-18-22(28)25-24(30)27(23(18)29)20-11-7-8-12-21(20)31-4-2/h1,5-12,14-15H,4,13H2,2H3,(H,25,28,30)/b18-14+. The summed E-state index contributed by atoms with van der Waals surface area (Å²) in [5.41, 5.74) is 1.64. The van der Waals surface area contributed by atoms with Crippen molar-refractivity contribution in [2.45, 2.75) is 13.5 Å². The van der Waals surface area contributed by atoms with Crippen molar-refractivity contribution in [3.05, 3.63) is 65.9 Å². The number of carbonyl (C=O) groups excluding carboxylic acids is 3. The number of terminal acetylenes is 1. The number of anilines is 1. The minimum absolute atomic E-state index is 0.158. The first-order valence-electron chi connectivity index (χ1n) is 9.69. The Kier molecular flexibility index (Phi) is 5.29. The number of amides is 4. The van der Waals surface area contributed by atoms with E-state index in [9.17, 15) is 14.4 Å². The Balaban J connectivity index is 1.81. The average Bonchev–Trinajstić information content (AvgIpc) is 3.10. The lowest BCUT2D eigenvalue weighted by Gasteiger charge is -2.27. The van der Waals surface area contributed by atoms with Gasteiger partial charge in [-0.3, -0.25) is 14.9 Å². The molecular weight excluding hydrogens is 394 g/mol. The van der Waals surface area contributed by atoms with Crippen LogP contribution in [0.1, 0.15) is 12.5 Å².